The summed E-state index contributed by atoms with van der Waals surface area (Å²) in [5.74, 6) is 0.198. The van der Waals surface area contributed by atoms with Crippen LogP contribution in [0.1, 0.15) is 22.2 Å². The molecule has 2 N–H and O–H groups in total. The molecule has 1 amide bonds. The molecule has 0 radical (unpaired) electrons. The Labute approximate surface area is 183 Å². The topological polar surface area (TPSA) is 99.8 Å². The van der Waals surface area contributed by atoms with Gasteiger partial charge in [0.2, 0.25) is 0 Å². The van der Waals surface area contributed by atoms with E-state index in [-0.39, 0.29) is 11.9 Å². The molecule has 8 nitrogen and oxygen atoms in total. The van der Waals surface area contributed by atoms with Gasteiger partial charge >= 0.3 is 0 Å². The number of hydrogen-bond donors (Lipinski definition) is 2. The number of nitrogens with zero attached hydrogens (tertiary/aromatic N) is 4. The van der Waals surface area contributed by atoms with Crippen molar-refractivity contribution in [1.29, 1.82) is 0 Å². The first-order valence-electron chi connectivity index (χ1n) is 10.5. The van der Waals surface area contributed by atoms with E-state index in [4.69, 9.17) is 4.74 Å². The Hall–Kier alpha value is -4.04. The van der Waals surface area contributed by atoms with Crippen LogP contribution >= 0.6 is 0 Å². The van der Waals surface area contributed by atoms with Gasteiger partial charge in [-0.2, -0.15) is 5.10 Å². The lowest BCUT2D eigenvalue weighted by Crippen LogP contribution is -2.43. The third-order valence-electron chi connectivity index (χ3n) is 5.89. The highest BCUT2D eigenvalue weighted by Gasteiger charge is 2.31. The fourth-order valence-electron chi connectivity index (χ4n) is 4.29. The summed E-state index contributed by atoms with van der Waals surface area (Å²) in [5, 5.41) is 8.49. The number of rotatable bonds is 3. The highest BCUT2D eigenvalue weighted by atomic mass is 16.5. The summed E-state index contributed by atoms with van der Waals surface area (Å²) < 4.78 is 5.67. The van der Waals surface area contributed by atoms with E-state index in [2.05, 4.69) is 25.1 Å². The zero-order chi connectivity index (χ0) is 21.5. The molecule has 1 aliphatic heterocycles. The second kappa shape index (κ2) is 7.58. The van der Waals surface area contributed by atoms with Crippen molar-refractivity contribution < 1.29 is 9.53 Å². The lowest BCUT2D eigenvalue weighted by atomic mass is 10.0. The molecule has 2 aromatic carbocycles. The van der Waals surface area contributed by atoms with Crippen molar-refractivity contribution in [2.75, 3.05) is 19.8 Å². The molecule has 1 fully saturated rings. The monoisotopic (exact) mass is 424 g/mol. The molecule has 1 unspecified atom stereocenters. The van der Waals surface area contributed by atoms with Crippen molar-refractivity contribution >= 4 is 27.8 Å². The van der Waals surface area contributed by atoms with Gasteiger partial charge < -0.3 is 14.6 Å². The number of amides is 1. The zero-order valence-corrected chi connectivity index (χ0v) is 17.2. The van der Waals surface area contributed by atoms with Gasteiger partial charge in [0, 0.05) is 29.9 Å². The Morgan fingerprint density at radius 1 is 1.06 bits per heavy atom. The minimum atomic E-state index is -0.136. The lowest BCUT2D eigenvalue weighted by molar-refractivity contribution is -0.00326. The normalized spacial score (nSPS) is 16.6. The first kappa shape index (κ1) is 18.7. The van der Waals surface area contributed by atoms with E-state index < -0.39 is 0 Å². The Kier molecular flexibility index (Phi) is 4.43. The van der Waals surface area contributed by atoms with Crippen molar-refractivity contribution in [3.8, 4) is 11.3 Å². The van der Waals surface area contributed by atoms with Crippen LogP contribution in [-0.4, -0.2) is 55.7 Å². The maximum atomic E-state index is 13.4. The van der Waals surface area contributed by atoms with Gasteiger partial charge in [0.05, 0.1) is 35.8 Å². The smallest absolute Gasteiger partial charge is 0.290 e. The van der Waals surface area contributed by atoms with Crippen molar-refractivity contribution in [2.45, 2.75) is 6.04 Å². The van der Waals surface area contributed by atoms with Gasteiger partial charge in [-0.05, 0) is 29.8 Å². The van der Waals surface area contributed by atoms with Crippen molar-refractivity contribution in [3.63, 3.8) is 0 Å². The summed E-state index contributed by atoms with van der Waals surface area (Å²) >= 11 is 0. The van der Waals surface area contributed by atoms with Crippen LogP contribution in [-0.2, 0) is 4.74 Å². The molecule has 0 saturated carbocycles. The number of fused-ring (bicyclic) bond motifs is 2. The number of hydrogen-bond acceptors (Lipinski definition) is 5. The second-order valence-corrected chi connectivity index (χ2v) is 7.81. The van der Waals surface area contributed by atoms with Gasteiger partial charge in [0.1, 0.15) is 5.69 Å². The van der Waals surface area contributed by atoms with E-state index in [0.717, 1.165) is 38.8 Å². The third-order valence-corrected chi connectivity index (χ3v) is 5.89. The SMILES string of the molecule is O=C(c1nc2cc3c(-c4ccncc4)n[nH]c3cc2[nH]1)N1CCOCC1c1ccccc1. The van der Waals surface area contributed by atoms with Crippen LogP contribution in [0.2, 0.25) is 0 Å². The van der Waals surface area contributed by atoms with Gasteiger partial charge in [-0.1, -0.05) is 30.3 Å². The number of imidazole rings is 1. The molecule has 0 bridgehead atoms. The number of ether oxygens (including phenoxy) is 1. The van der Waals surface area contributed by atoms with Gasteiger partial charge in [0.25, 0.3) is 5.91 Å². The number of pyridine rings is 1. The number of benzene rings is 2. The highest BCUT2D eigenvalue weighted by Crippen LogP contribution is 2.30. The molecule has 4 heterocycles. The standard InChI is InChI=1S/C24H20N6O2/c31-24(30-10-11-32-14-21(30)15-4-2-1-3-5-15)23-26-19-12-17-18(13-20(19)27-23)28-29-22(17)16-6-8-25-9-7-16/h1-9,12-13,21H,10-11,14H2,(H,26,27)(H,28,29). The van der Waals surface area contributed by atoms with Crippen LogP contribution in [0.3, 0.4) is 0 Å². The van der Waals surface area contributed by atoms with Gasteiger partial charge in [-0.3, -0.25) is 14.9 Å². The highest BCUT2D eigenvalue weighted by molar-refractivity contribution is 6.02. The molecule has 0 aliphatic carbocycles. The molecule has 8 heteroatoms. The molecule has 1 atom stereocenters. The quantitative estimate of drug-likeness (QED) is 0.460. The van der Waals surface area contributed by atoms with E-state index in [1.165, 1.54) is 0 Å². The number of nitrogens with one attached hydrogen (secondary N) is 2. The zero-order valence-electron chi connectivity index (χ0n) is 17.2. The molecule has 6 rings (SSSR count). The minimum absolute atomic E-state index is 0.130. The van der Waals surface area contributed by atoms with E-state index >= 15 is 0 Å². The fourth-order valence-corrected chi connectivity index (χ4v) is 4.29. The van der Waals surface area contributed by atoms with E-state index in [1.807, 2.05) is 59.5 Å². The second-order valence-electron chi connectivity index (χ2n) is 7.81. The Bertz CT molecular complexity index is 1410. The summed E-state index contributed by atoms with van der Waals surface area (Å²) in [4.78, 5) is 27.2. The molecule has 1 aliphatic rings. The molecule has 1 saturated heterocycles. The van der Waals surface area contributed by atoms with Crippen LogP contribution in [0.25, 0.3) is 33.2 Å². The first-order chi connectivity index (χ1) is 15.8. The van der Waals surface area contributed by atoms with Crippen molar-refractivity contribution in [1.82, 2.24) is 30.0 Å². The average Bonchev–Trinajstić information content (AvgIpc) is 3.46. The van der Waals surface area contributed by atoms with Gasteiger partial charge in [-0.25, -0.2) is 4.98 Å². The average molecular weight is 424 g/mol. The molecular weight excluding hydrogens is 404 g/mol. The molecule has 3 aromatic heterocycles. The molecule has 158 valence electrons. The molecule has 0 spiro atoms. The first-order valence-corrected chi connectivity index (χ1v) is 10.5. The maximum absolute atomic E-state index is 13.4. The van der Waals surface area contributed by atoms with Crippen LogP contribution in [0, 0.1) is 0 Å². The minimum Gasteiger partial charge on any atom is -0.377 e. The lowest BCUT2D eigenvalue weighted by Gasteiger charge is -2.35. The summed E-state index contributed by atoms with van der Waals surface area (Å²) in [5.41, 5.74) is 5.24. The molecular formula is C24H20N6O2. The summed E-state index contributed by atoms with van der Waals surface area (Å²) in [6, 6.07) is 17.6. The maximum Gasteiger partial charge on any atom is 0.290 e. The van der Waals surface area contributed by atoms with Gasteiger partial charge in [-0.15, -0.1) is 0 Å². The van der Waals surface area contributed by atoms with Crippen LogP contribution in [0.5, 0.6) is 0 Å². The molecule has 5 aromatic rings. The predicted octanol–water partition coefficient (Wildman–Crippen LogP) is 3.71. The number of carbonyl (C=O) groups excluding carboxylic acids is 1. The van der Waals surface area contributed by atoms with Crippen LogP contribution in [0.15, 0.2) is 67.0 Å². The van der Waals surface area contributed by atoms with E-state index in [9.17, 15) is 4.79 Å². The largest absolute Gasteiger partial charge is 0.377 e. The van der Waals surface area contributed by atoms with Crippen molar-refractivity contribution in [2.24, 2.45) is 0 Å². The van der Waals surface area contributed by atoms with Crippen molar-refractivity contribution in [3.05, 3.63) is 78.4 Å². The van der Waals surface area contributed by atoms with Gasteiger partial charge in [0.15, 0.2) is 5.82 Å². The fraction of sp³-hybridized carbons (Fsp3) is 0.167. The molecule has 32 heavy (non-hydrogen) atoms. The third kappa shape index (κ3) is 3.12. The summed E-state index contributed by atoms with van der Waals surface area (Å²) in [6.45, 7) is 1.51. The summed E-state index contributed by atoms with van der Waals surface area (Å²) in [7, 11) is 0. The number of aromatic nitrogens is 5. The van der Waals surface area contributed by atoms with E-state index in [0.29, 0.717) is 25.6 Å². The van der Waals surface area contributed by atoms with Crippen LogP contribution in [0.4, 0.5) is 0 Å². The van der Waals surface area contributed by atoms with Crippen LogP contribution < -0.4 is 0 Å². The predicted molar refractivity (Wildman–Crippen MR) is 120 cm³/mol. The van der Waals surface area contributed by atoms with E-state index in [1.54, 1.807) is 12.4 Å². The number of aromatic amines is 2. The number of morpholine rings is 1. The Morgan fingerprint density at radius 2 is 1.91 bits per heavy atom. The number of H-pyrrole nitrogens is 2. The Balaban J connectivity index is 1.38. The summed E-state index contributed by atoms with van der Waals surface area (Å²) in [6.07, 6.45) is 3.48. The number of carbonyl (C=O) groups is 1. The Morgan fingerprint density at radius 3 is 2.75 bits per heavy atom.